The lowest BCUT2D eigenvalue weighted by molar-refractivity contribution is 0.120. The van der Waals surface area contributed by atoms with Crippen molar-refractivity contribution in [1.29, 1.82) is 0 Å². The van der Waals surface area contributed by atoms with Gasteiger partial charge in [0.2, 0.25) is 0 Å². The predicted octanol–water partition coefficient (Wildman–Crippen LogP) is 3.49. The molecule has 1 aliphatic carbocycles. The Kier molecular flexibility index (Phi) is 8.83. The summed E-state index contributed by atoms with van der Waals surface area (Å²) in [7, 11) is 0. The molecule has 0 radical (unpaired) electrons. The maximum absolute atomic E-state index is 5.60. The molecule has 2 nitrogen and oxygen atoms in total. The van der Waals surface area contributed by atoms with E-state index in [2.05, 4.69) is 0 Å². The molecule has 1 rings (SSSR count). The van der Waals surface area contributed by atoms with Crippen LogP contribution in [0.4, 0.5) is 0 Å². The normalized spacial score (nSPS) is 15.6. The summed E-state index contributed by atoms with van der Waals surface area (Å²) in [6, 6.07) is 0. The van der Waals surface area contributed by atoms with E-state index in [0.717, 1.165) is 25.7 Å². The molecule has 0 heterocycles. The molecule has 0 amide bonds. The van der Waals surface area contributed by atoms with Gasteiger partial charge in [-0.25, -0.2) is 0 Å². The summed E-state index contributed by atoms with van der Waals surface area (Å²) < 4.78 is 5.60. The van der Waals surface area contributed by atoms with Crippen molar-refractivity contribution in [3.05, 3.63) is 0 Å². The lowest BCUT2D eigenvalue weighted by Crippen LogP contribution is -1.98. The van der Waals surface area contributed by atoms with Crippen LogP contribution in [0.25, 0.3) is 0 Å². The monoisotopic (exact) mass is 227 g/mol. The highest BCUT2D eigenvalue weighted by atomic mass is 16.5. The van der Waals surface area contributed by atoms with Crippen molar-refractivity contribution >= 4 is 0 Å². The minimum absolute atomic E-state index is 0.859. The first kappa shape index (κ1) is 14.0. The molecule has 0 unspecified atom stereocenters. The van der Waals surface area contributed by atoms with Gasteiger partial charge < -0.3 is 10.5 Å². The van der Waals surface area contributed by atoms with Gasteiger partial charge in [-0.1, -0.05) is 38.5 Å². The maximum atomic E-state index is 5.60. The summed E-state index contributed by atoms with van der Waals surface area (Å²) in [5.41, 5.74) is 5.45. The Morgan fingerprint density at radius 3 is 1.94 bits per heavy atom. The summed E-state index contributed by atoms with van der Waals surface area (Å²) in [4.78, 5) is 0. The van der Waals surface area contributed by atoms with Gasteiger partial charge in [0, 0.05) is 13.2 Å². The third-order valence-corrected chi connectivity index (χ3v) is 3.29. The second kappa shape index (κ2) is 10.1. The van der Waals surface area contributed by atoms with Crippen LogP contribution in [0.2, 0.25) is 0 Å². The molecule has 2 N–H and O–H groups in total. The van der Waals surface area contributed by atoms with Crippen LogP contribution in [-0.2, 0) is 4.74 Å². The van der Waals surface area contributed by atoms with Crippen molar-refractivity contribution < 1.29 is 4.74 Å². The molecule has 0 atom stereocenters. The highest BCUT2D eigenvalue weighted by Crippen LogP contribution is 2.28. The van der Waals surface area contributed by atoms with E-state index in [-0.39, 0.29) is 0 Å². The van der Waals surface area contributed by atoms with Gasteiger partial charge in [0.05, 0.1) is 0 Å². The molecule has 16 heavy (non-hydrogen) atoms. The molecule has 0 aromatic carbocycles. The Morgan fingerprint density at radius 1 is 0.812 bits per heavy atom. The molecule has 0 bridgehead atoms. The van der Waals surface area contributed by atoms with Crippen molar-refractivity contribution in [1.82, 2.24) is 0 Å². The van der Waals surface area contributed by atoms with Crippen molar-refractivity contribution in [3.63, 3.8) is 0 Å². The Bertz CT molecular complexity index is 146. The lowest BCUT2D eigenvalue weighted by atomic mass is 10.1. The second-order valence-electron chi connectivity index (χ2n) is 5.14. The second-order valence-corrected chi connectivity index (χ2v) is 5.14. The molecule has 96 valence electrons. The van der Waals surface area contributed by atoms with Crippen LogP contribution in [0, 0.1) is 5.92 Å². The van der Waals surface area contributed by atoms with E-state index < -0.39 is 0 Å². The SMILES string of the molecule is NCCCCCCCCCCOCC1CC1. The summed E-state index contributed by atoms with van der Waals surface area (Å²) in [6.07, 6.45) is 13.5. The zero-order valence-corrected chi connectivity index (χ0v) is 10.8. The van der Waals surface area contributed by atoms with Gasteiger partial charge in [-0.3, -0.25) is 0 Å². The van der Waals surface area contributed by atoms with E-state index in [0.29, 0.717) is 0 Å². The summed E-state index contributed by atoms with van der Waals surface area (Å²) in [5.74, 6) is 0.919. The van der Waals surface area contributed by atoms with Crippen LogP contribution in [-0.4, -0.2) is 19.8 Å². The largest absolute Gasteiger partial charge is 0.381 e. The van der Waals surface area contributed by atoms with Gasteiger partial charge in [0.25, 0.3) is 0 Å². The molecule has 0 aromatic heterocycles. The van der Waals surface area contributed by atoms with Gasteiger partial charge in [-0.15, -0.1) is 0 Å². The first-order valence-corrected chi connectivity index (χ1v) is 7.21. The van der Waals surface area contributed by atoms with Crippen LogP contribution in [0.1, 0.15) is 64.2 Å². The fraction of sp³-hybridized carbons (Fsp3) is 1.00. The smallest absolute Gasteiger partial charge is 0.0494 e. The fourth-order valence-electron chi connectivity index (χ4n) is 1.94. The highest BCUT2D eigenvalue weighted by molar-refractivity contribution is 4.71. The van der Waals surface area contributed by atoms with Crippen molar-refractivity contribution in [3.8, 4) is 0 Å². The average Bonchev–Trinajstić information content (AvgIpc) is 3.10. The first-order valence-electron chi connectivity index (χ1n) is 7.21. The van der Waals surface area contributed by atoms with Crippen LogP contribution in [0.15, 0.2) is 0 Å². The van der Waals surface area contributed by atoms with E-state index in [1.165, 1.54) is 64.2 Å². The predicted molar refractivity (Wildman–Crippen MR) is 69.5 cm³/mol. The quantitative estimate of drug-likeness (QED) is 0.518. The average molecular weight is 227 g/mol. The van der Waals surface area contributed by atoms with Gasteiger partial charge in [0.1, 0.15) is 0 Å². The van der Waals surface area contributed by atoms with E-state index in [1.807, 2.05) is 0 Å². The van der Waals surface area contributed by atoms with E-state index in [4.69, 9.17) is 10.5 Å². The zero-order chi connectivity index (χ0) is 11.5. The minimum atomic E-state index is 0.859. The Morgan fingerprint density at radius 2 is 1.38 bits per heavy atom. The van der Waals surface area contributed by atoms with Gasteiger partial charge in [0.15, 0.2) is 0 Å². The number of hydrogen-bond acceptors (Lipinski definition) is 2. The molecule has 2 heteroatoms. The molecule has 0 spiro atoms. The summed E-state index contributed by atoms with van der Waals surface area (Å²) in [5, 5.41) is 0. The van der Waals surface area contributed by atoms with Crippen molar-refractivity contribution in [2.24, 2.45) is 11.7 Å². The molecular formula is C14H29NO. The van der Waals surface area contributed by atoms with Crippen LogP contribution in [0.3, 0.4) is 0 Å². The maximum Gasteiger partial charge on any atom is 0.0494 e. The molecule has 1 fully saturated rings. The Hall–Kier alpha value is -0.0800. The molecule has 0 aliphatic heterocycles. The van der Waals surface area contributed by atoms with E-state index >= 15 is 0 Å². The molecule has 0 aromatic rings. The van der Waals surface area contributed by atoms with Gasteiger partial charge in [-0.2, -0.15) is 0 Å². The van der Waals surface area contributed by atoms with Gasteiger partial charge >= 0.3 is 0 Å². The number of ether oxygens (including phenoxy) is 1. The van der Waals surface area contributed by atoms with Crippen molar-refractivity contribution in [2.75, 3.05) is 19.8 Å². The van der Waals surface area contributed by atoms with E-state index in [9.17, 15) is 0 Å². The molecule has 0 saturated heterocycles. The third kappa shape index (κ3) is 9.17. The molecule has 1 saturated carbocycles. The fourth-order valence-corrected chi connectivity index (χ4v) is 1.94. The number of unbranched alkanes of at least 4 members (excludes halogenated alkanes) is 7. The van der Waals surface area contributed by atoms with Gasteiger partial charge in [-0.05, 0) is 38.1 Å². The zero-order valence-electron chi connectivity index (χ0n) is 10.8. The number of rotatable bonds is 12. The third-order valence-electron chi connectivity index (χ3n) is 3.29. The van der Waals surface area contributed by atoms with Crippen LogP contribution in [0.5, 0.6) is 0 Å². The lowest BCUT2D eigenvalue weighted by Gasteiger charge is -2.03. The standard InChI is InChI=1S/C14H29NO/c15-11-7-5-3-1-2-4-6-8-12-16-13-14-9-10-14/h14H,1-13,15H2. The first-order chi connectivity index (χ1) is 7.93. The van der Waals surface area contributed by atoms with E-state index in [1.54, 1.807) is 0 Å². The summed E-state index contributed by atoms with van der Waals surface area (Å²) >= 11 is 0. The van der Waals surface area contributed by atoms with Crippen LogP contribution >= 0.6 is 0 Å². The molecular weight excluding hydrogens is 198 g/mol. The van der Waals surface area contributed by atoms with Crippen molar-refractivity contribution in [2.45, 2.75) is 64.2 Å². The topological polar surface area (TPSA) is 35.2 Å². The highest BCUT2D eigenvalue weighted by Gasteiger charge is 2.20. The summed E-state index contributed by atoms with van der Waals surface area (Å²) in [6.45, 7) is 2.88. The number of hydrogen-bond donors (Lipinski definition) is 1. The van der Waals surface area contributed by atoms with Crippen LogP contribution < -0.4 is 5.73 Å². The Balaban J connectivity index is 1.61. The molecule has 1 aliphatic rings. The number of nitrogens with two attached hydrogens (primary N) is 1. The minimum Gasteiger partial charge on any atom is -0.381 e. The Labute approximate surface area is 101 Å².